The van der Waals surface area contributed by atoms with Gasteiger partial charge in [-0.3, -0.25) is 0 Å². The second kappa shape index (κ2) is 7.57. The molecule has 1 radical (unpaired) electrons. The topological polar surface area (TPSA) is 58.7 Å². The van der Waals surface area contributed by atoms with Gasteiger partial charge in [-0.2, -0.15) is 0 Å². The fourth-order valence-electron chi connectivity index (χ4n) is 3.88. The number of piperidine rings is 1. The highest BCUT2D eigenvalue weighted by atomic mass is 16.6. The molecule has 145 valence electrons. The molecule has 0 amide bonds. The Bertz CT molecular complexity index is 635. The van der Waals surface area contributed by atoms with Crippen molar-refractivity contribution in [2.45, 2.75) is 91.0 Å². The molecule has 1 saturated heterocycles. The zero-order valence-corrected chi connectivity index (χ0v) is 17.1. The minimum atomic E-state index is -0.645. The molecule has 1 heterocycles. The van der Waals surface area contributed by atoms with E-state index in [2.05, 4.69) is 0 Å². The molecule has 5 heteroatoms. The van der Waals surface area contributed by atoms with Gasteiger partial charge in [0.1, 0.15) is 11.9 Å². The summed E-state index contributed by atoms with van der Waals surface area (Å²) in [5.41, 5.74) is 1.02. The van der Waals surface area contributed by atoms with Crippen LogP contribution in [-0.4, -0.2) is 34.3 Å². The number of carbonyl (C=O) groups excluding carboxylic acids is 1. The Kier molecular flexibility index (Phi) is 6.03. The van der Waals surface area contributed by atoms with Crippen molar-refractivity contribution in [2.75, 3.05) is 0 Å². The summed E-state index contributed by atoms with van der Waals surface area (Å²) in [5.74, 6) is 0.345. The maximum Gasteiger partial charge on any atom is 0.347 e. The molecule has 26 heavy (non-hydrogen) atoms. The molecular weight excluding hydrogens is 330 g/mol. The van der Waals surface area contributed by atoms with Crippen LogP contribution in [0.5, 0.6) is 5.75 Å². The highest BCUT2D eigenvalue weighted by Gasteiger charge is 2.47. The van der Waals surface area contributed by atoms with Crippen LogP contribution in [0.25, 0.3) is 0 Å². The first-order valence-electron chi connectivity index (χ1n) is 9.38. The summed E-state index contributed by atoms with van der Waals surface area (Å²) in [4.78, 5) is 12.7. The lowest BCUT2D eigenvalue weighted by Crippen LogP contribution is -2.60. The smallest absolute Gasteiger partial charge is 0.347 e. The molecule has 1 aliphatic heterocycles. The molecule has 0 saturated carbocycles. The molecule has 2 rings (SSSR count). The summed E-state index contributed by atoms with van der Waals surface area (Å²) in [6.45, 7) is 13.5. The molecule has 0 spiro atoms. The van der Waals surface area contributed by atoms with Crippen LogP contribution in [0.2, 0.25) is 0 Å². The number of carbonyl (C=O) groups is 1. The fraction of sp³-hybridized carbons (Fsp3) is 0.667. The highest BCUT2D eigenvalue weighted by Crippen LogP contribution is 2.38. The van der Waals surface area contributed by atoms with Crippen LogP contribution in [-0.2, 0) is 14.7 Å². The van der Waals surface area contributed by atoms with Crippen LogP contribution in [0.3, 0.4) is 0 Å². The third kappa shape index (κ3) is 4.57. The van der Waals surface area contributed by atoms with E-state index >= 15 is 0 Å². The number of esters is 1. The maximum atomic E-state index is 12.7. The first kappa shape index (κ1) is 20.7. The Hall–Kier alpha value is -1.59. The SMILES string of the molecule is CCC(Oc1ccc(C)cc1C)C(=O)OC1CC(C)(C)N([O])C(C)(C)C1. The van der Waals surface area contributed by atoms with Gasteiger partial charge in [-0.1, -0.05) is 24.6 Å². The predicted molar refractivity (Wildman–Crippen MR) is 100 cm³/mol. The van der Waals surface area contributed by atoms with Crippen molar-refractivity contribution in [3.63, 3.8) is 0 Å². The number of rotatable bonds is 5. The van der Waals surface area contributed by atoms with E-state index in [1.165, 1.54) is 0 Å². The van der Waals surface area contributed by atoms with Crippen LogP contribution < -0.4 is 4.74 Å². The summed E-state index contributed by atoms with van der Waals surface area (Å²) in [5, 5.41) is 13.6. The molecule has 1 aliphatic rings. The Labute approximate surface area is 157 Å². The van der Waals surface area contributed by atoms with E-state index in [0.29, 0.717) is 25.0 Å². The van der Waals surface area contributed by atoms with Gasteiger partial charge in [-0.05, 0) is 59.6 Å². The summed E-state index contributed by atoms with van der Waals surface area (Å²) < 4.78 is 11.7. The lowest BCUT2D eigenvalue weighted by Gasteiger charge is -2.49. The summed E-state index contributed by atoms with van der Waals surface area (Å²) in [6, 6.07) is 5.89. The van der Waals surface area contributed by atoms with Gasteiger partial charge < -0.3 is 9.47 Å². The number of ether oxygens (including phenoxy) is 2. The molecular formula is C21H32NO4. The Morgan fingerprint density at radius 2 is 1.77 bits per heavy atom. The van der Waals surface area contributed by atoms with Gasteiger partial charge >= 0.3 is 5.97 Å². The van der Waals surface area contributed by atoms with Gasteiger partial charge in [0.25, 0.3) is 0 Å². The lowest BCUT2D eigenvalue weighted by atomic mass is 9.80. The van der Waals surface area contributed by atoms with Crippen molar-refractivity contribution < 1.29 is 19.5 Å². The molecule has 1 unspecified atom stereocenters. The molecule has 1 aromatic carbocycles. The van der Waals surface area contributed by atoms with Crippen LogP contribution in [0, 0.1) is 13.8 Å². The number of hydroxylamine groups is 2. The molecule has 1 fully saturated rings. The van der Waals surface area contributed by atoms with Crippen LogP contribution in [0.4, 0.5) is 0 Å². The zero-order valence-electron chi connectivity index (χ0n) is 17.1. The summed E-state index contributed by atoms with van der Waals surface area (Å²) in [7, 11) is 0. The lowest BCUT2D eigenvalue weighted by molar-refractivity contribution is -0.299. The quantitative estimate of drug-likeness (QED) is 0.730. The third-order valence-corrected chi connectivity index (χ3v) is 5.07. The number of hydrogen-bond donors (Lipinski definition) is 0. The van der Waals surface area contributed by atoms with Crippen LogP contribution in [0.15, 0.2) is 18.2 Å². The standard InChI is InChI=1S/C21H32NO4/c1-8-17(26-18-10-9-14(2)11-15(18)3)19(23)25-16-12-20(4,5)22(24)21(6,7)13-16/h9-11,16-17H,8,12-13H2,1-7H3. The van der Waals surface area contributed by atoms with Crippen molar-refractivity contribution in [3.8, 4) is 5.75 Å². The summed E-state index contributed by atoms with van der Waals surface area (Å²) >= 11 is 0. The summed E-state index contributed by atoms with van der Waals surface area (Å²) in [6.07, 6.45) is 0.638. The predicted octanol–water partition coefficient (Wildman–Crippen LogP) is 4.37. The average Bonchev–Trinajstić information content (AvgIpc) is 2.51. The Morgan fingerprint density at radius 3 is 2.27 bits per heavy atom. The second-order valence-electron chi connectivity index (χ2n) is 8.67. The Balaban J connectivity index is 2.07. The molecule has 5 nitrogen and oxygen atoms in total. The van der Waals surface area contributed by atoms with Crippen molar-refractivity contribution in [3.05, 3.63) is 29.3 Å². The monoisotopic (exact) mass is 362 g/mol. The normalized spacial score (nSPS) is 21.2. The van der Waals surface area contributed by atoms with E-state index in [0.717, 1.165) is 16.2 Å². The van der Waals surface area contributed by atoms with Gasteiger partial charge in [-0.25, -0.2) is 4.79 Å². The van der Waals surface area contributed by atoms with Gasteiger partial charge in [0, 0.05) is 23.9 Å². The van der Waals surface area contributed by atoms with E-state index in [1.54, 1.807) is 0 Å². The molecule has 0 bridgehead atoms. The first-order valence-corrected chi connectivity index (χ1v) is 9.38. The van der Waals surface area contributed by atoms with Crippen molar-refractivity contribution in [2.24, 2.45) is 0 Å². The van der Waals surface area contributed by atoms with E-state index in [4.69, 9.17) is 9.47 Å². The zero-order chi connectivity index (χ0) is 19.7. The van der Waals surface area contributed by atoms with Gasteiger partial charge in [0.15, 0.2) is 6.10 Å². The van der Waals surface area contributed by atoms with E-state index in [9.17, 15) is 10.0 Å². The van der Waals surface area contributed by atoms with Crippen molar-refractivity contribution in [1.82, 2.24) is 5.06 Å². The van der Waals surface area contributed by atoms with E-state index in [-0.39, 0.29) is 12.1 Å². The number of hydrogen-bond acceptors (Lipinski definition) is 4. The van der Waals surface area contributed by atoms with Crippen LogP contribution in [0.1, 0.15) is 65.0 Å². The maximum absolute atomic E-state index is 12.7. The van der Waals surface area contributed by atoms with Crippen LogP contribution >= 0.6 is 0 Å². The fourth-order valence-corrected chi connectivity index (χ4v) is 3.88. The van der Waals surface area contributed by atoms with E-state index < -0.39 is 17.2 Å². The average molecular weight is 362 g/mol. The molecule has 0 aliphatic carbocycles. The molecule has 1 aromatic rings. The minimum Gasteiger partial charge on any atom is -0.478 e. The number of benzene rings is 1. The van der Waals surface area contributed by atoms with Gasteiger partial charge in [0.05, 0.1) is 0 Å². The largest absolute Gasteiger partial charge is 0.478 e. The minimum absolute atomic E-state index is 0.283. The Morgan fingerprint density at radius 1 is 1.19 bits per heavy atom. The van der Waals surface area contributed by atoms with Crippen molar-refractivity contribution in [1.29, 1.82) is 0 Å². The van der Waals surface area contributed by atoms with Crippen molar-refractivity contribution >= 4 is 5.97 Å². The number of aryl methyl sites for hydroxylation is 2. The molecule has 0 aromatic heterocycles. The number of nitrogens with zero attached hydrogens (tertiary/aromatic N) is 1. The third-order valence-electron chi connectivity index (χ3n) is 5.07. The van der Waals surface area contributed by atoms with Gasteiger partial charge in [-0.15, -0.1) is 10.3 Å². The molecule has 1 atom stereocenters. The van der Waals surface area contributed by atoms with Gasteiger partial charge in [0.2, 0.25) is 0 Å². The van der Waals surface area contributed by atoms with E-state index in [1.807, 2.05) is 66.7 Å². The molecule has 0 N–H and O–H groups in total. The first-order chi connectivity index (χ1) is 12.0. The second-order valence-corrected chi connectivity index (χ2v) is 8.67. The highest BCUT2D eigenvalue weighted by molar-refractivity contribution is 5.75.